The number of halogens is 4. The predicted molar refractivity (Wildman–Crippen MR) is 121 cm³/mol. The van der Waals surface area contributed by atoms with Crippen LogP contribution in [0.1, 0.15) is 18.0 Å². The molecule has 3 aromatic heterocycles. The molecule has 1 aliphatic rings. The Balaban J connectivity index is 1.54. The van der Waals surface area contributed by atoms with Crippen LogP contribution in [0, 0.1) is 0 Å². The predicted octanol–water partition coefficient (Wildman–Crippen LogP) is 4.65. The largest absolute Gasteiger partial charge is 0.465 e. The number of rotatable bonds is 4. The summed E-state index contributed by atoms with van der Waals surface area (Å²) in [4.78, 5) is 16.8. The van der Waals surface area contributed by atoms with Crippen LogP contribution in [0.4, 0.5) is 18.0 Å². The quantitative estimate of drug-likeness (QED) is 0.395. The van der Waals surface area contributed by atoms with Gasteiger partial charge in [0.2, 0.25) is 0 Å². The summed E-state index contributed by atoms with van der Waals surface area (Å²) in [7, 11) is 0. The minimum atomic E-state index is -4.56. The number of carboxylic acid groups (broad SMARTS) is 1. The van der Waals surface area contributed by atoms with E-state index in [1.165, 1.54) is 27.6 Å². The SMILES string of the molecule is O=C(O)N[C@H]1CCN([C@H](c2ccc3nnc(-c4ccc5ccc(Br)cc5n4)n3c2)C(F)(F)F)C1. The Morgan fingerprint density at radius 3 is 2.74 bits per heavy atom. The van der Waals surface area contributed by atoms with Crippen LogP contribution in [0.25, 0.3) is 28.1 Å². The number of aromatic nitrogens is 4. The number of nitrogens with zero attached hydrogens (tertiary/aromatic N) is 5. The van der Waals surface area contributed by atoms with Gasteiger partial charge in [-0.15, -0.1) is 10.2 Å². The Morgan fingerprint density at radius 1 is 1.18 bits per heavy atom. The van der Waals surface area contributed by atoms with E-state index in [0.29, 0.717) is 29.1 Å². The van der Waals surface area contributed by atoms with Gasteiger partial charge in [-0.2, -0.15) is 13.2 Å². The summed E-state index contributed by atoms with van der Waals surface area (Å²) >= 11 is 3.42. The van der Waals surface area contributed by atoms with Crippen molar-refractivity contribution in [1.29, 1.82) is 0 Å². The molecule has 0 bridgehead atoms. The molecule has 0 saturated carbocycles. The van der Waals surface area contributed by atoms with Gasteiger partial charge in [-0.05, 0) is 36.2 Å². The highest BCUT2D eigenvalue weighted by atomic mass is 79.9. The lowest BCUT2D eigenvalue weighted by atomic mass is 10.1. The number of nitrogens with one attached hydrogen (secondary N) is 1. The lowest BCUT2D eigenvalue weighted by Gasteiger charge is -2.30. The second-order valence-electron chi connectivity index (χ2n) is 8.12. The Hall–Kier alpha value is -3.25. The van der Waals surface area contributed by atoms with E-state index >= 15 is 0 Å². The van der Waals surface area contributed by atoms with E-state index in [9.17, 15) is 18.0 Å². The molecule has 1 saturated heterocycles. The smallest absolute Gasteiger partial charge is 0.408 e. The summed E-state index contributed by atoms with van der Waals surface area (Å²) in [6, 6.07) is 9.70. The first kappa shape index (κ1) is 22.5. The Bertz CT molecular complexity index is 1390. The van der Waals surface area contributed by atoms with Crippen LogP contribution in [-0.4, -0.2) is 61.0 Å². The topological polar surface area (TPSA) is 95.7 Å². The lowest BCUT2D eigenvalue weighted by molar-refractivity contribution is -0.184. The van der Waals surface area contributed by atoms with Crippen molar-refractivity contribution in [3.63, 3.8) is 0 Å². The average molecular weight is 535 g/mol. The van der Waals surface area contributed by atoms with Crippen LogP contribution >= 0.6 is 15.9 Å². The molecule has 2 atom stereocenters. The number of likely N-dealkylation sites (tertiary alicyclic amines) is 1. The van der Waals surface area contributed by atoms with E-state index in [2.05, 4.69) is 36.4 Å². The van der Waals surface area contributed by atoms with Crippen molar-refractivity contribution < 1.29 is 23.1 Å². The molecule has 4 heterocycles. The molecule has 5 rings (SSSR count). The maximum Gasteiger partial charge on any atom is 0.408 e. The molecule has 1 aliphatic heterocycles. The fourth-order valence-corrected chi connectivity index (χ4v) is 4.73. The fraction of sp³-hybridized carbons (Fsp3) is 0.273. The summed E-state index contributed by atoms with van der Waals surface area (Å²) in [5.41, 5.74) is 1.59. The van der Waals surface area contributed by atoms with Gasteiger partial charge in [-0.1, -0.05) is 34.1 Å². The zero-order valence-electron chi connectivity index (χ0n) is 17.5. The van der Waals surface area contributed by atoms with Crippen LogP contribution in [0.3, 0.4) is 0 Å². The van der Waals surface area contributed by atoms with E-state index in [-0.39, 0.29) is 18.7 Å². The van der Waals surface area contributed by atoms with Gasteiger partial charge in [0.05, 0.1) is 5.52 Å². The third-order valence-electron chi connectivity index (χ3n) is 5.85. The van der Waals surface area contributed by atoms with Gasteiger partial charge < -0.3 is 10.4 Å². The molecule has 0 unspecified atom stereocenters. The van der Waals surface area contributed by atoms with Gasteiger partial charge in [-0.25, -0.2) is 9.78 Å². The van der Waals surface area contributed by atoms with Crippen LogP contribution < -0.4 is 5.32 Å². The zero-order valence-corrected chi connectivity index (χ0v) is 19.1. The fourth-order valence-electron chi connectivity index (χ4n) is 4.38. The van der Waals surface area contributed by atoms with E-state index in [4.69, 9.17) is 5.11 Å². The van der Waals surface area contributed by atoms with Crippen LogP contribution in [0.2, 0.25) is 0 Å². The van der Waals surface area contributed by atoms with Crippen molar-refractivity contribution in [2.24, 2.45) is 0 Å². The van der Waals surface area contributed by atoms with Crippen LogP contribution in [0.15, 0.2) is 53.1 Å². The van der Waals surface area contributed by atoms with Crippen LogP contribution in [-0.2, 0) is 0 Å². The monoisotopic (exact) mass is 534 g/mol. The summed E-state index contributed by atoms with van der Waals surface area (Å²) in [6.45, 7) is 0.0773. The van der Waals surface area contributed by atoms with E-state index in [0.717, 1.165) is 9.86 Å². The first-order valence-corrected chi connectivity index (χ1v) is 11.2. The molecule has 0 radical (unpaired) electrons. The first-order chi connectivity index (χ1) is 16.2. The molecule has 1 fully saturated rings. The highest BCUT2D eigenvalue weighted by Gasteiger charge is 2.47. The van der Waals surface area contributed by atoms with E-state index in [1.54, 1.807) is 6.07 Å². The standard InChI is InChI=1S/C22H18BrF3N6O2/c23-14-4-1-12-2-5-16(28-17(12)9-14)20-30-29-18-6-3-13(10-32(18)20)19(22(24,25)26)31-8-7-15(11-31)27-21(33)34/h1-6,9-10,15,19,27H,7-8,11H2,(H,33,34)/t15-,19+/m0/s1. The molecule has 12 heteroatoms. The van der Waals surface area contributed by atoms with Crippen molar-refractivity contribution in [3.05, 3.63) is 58.7 Å². The van der Waals surface area contributed by atoms with Crippen molar-refractivity contribution in [2.45, 2.75) is 24.7 Å². The van der Waals surface area contributed by atoms with Crippen LogP contribution in [0.5, 0.6) is 0 Å². The molecule has 1 amide bonds. The molecule has 0 spiro atoms. The molecule has 176 valence electrons. The third-order valence-corrected chi connectivity index (χ3v) is 6.34. The number of hydrogen-bond acceptors (Lipinski definition) is 5. The number of alkyl halides is 3. The van der Waals surface area contributed by atoms with Gasteiger partial charge in [0.25, 0.3) is 0 Å². The number of fused-ring (bicyclic) bond motifs is 2. The lowest BCUT2D eigenvalue weighted by Crippen LogP contribution is -2.40. The Labute approximate surface area is 199 Å². The minimum Gasteiger partial charge on any atom is -0.465 e. The van der Waals surface area contributed by atoms with Gasteiger partial charge in [-0.3, -0.25) is 9.30 Å². The molecule has 34 heavy (non-hydrogen) atoms. The average Bonchev–Trinajstić information content (AvgIpc) is 3.38. The summed E-state index contributed by atoms with van der Waals surface area (Å²) < 4.78 is 44.9. The molecule has 4 aromatic rings. The number of pyridine rings is 2. The summed E-state index contributed by atoms with van der Waals surface area (Å²) in [5.74, 6) is 0.325. The zero-order chi connectivity index (χ0) is 24.0. The van der Waals surface area contributed by atoms with Crippen molar-refractivity contribution >= 4 is 38.6 Å². The van der Waals surface area contributed by atoms with Gasteiger partial charge in [0.1, 0.15) is 11.7 Å². The molecule has 8 nitrogen and oxygen atoms in total. The number of amides is 1. The Morgan fingerprint density at radius 2 is 1.97 bits per heavy atom. The van der Waals surface area contributed by atoms with Gasteiger partial charge in [0, 0.05) is 35.2 Å². The third kappa shape index (κ3) is 4.30. The molecular formula is C22H18BrF3N6O2. The van der Waals surface area contributed by atoms with E-state index < -0.39 is 24.4 Å². The van der Waals surface area contributed by atoms with Crippen molar-refractivity contribution in [2.75, 3.05) is 13.1 Å². The maximum atomic E-state index is 14.2. The van der Waals surface area contributed by atoms with E-state index in [1.807, 2.05) is 24.3 Å². The highest BCUT2D eigenvalue weighted by Crippen LogP contribution is 2.39. The van der Waals surface area contributed by atoms with Gasteiger partial charge >= 0.3 is 12.3 Å². The molecule has 2 N–H and O–H groups in total. The minimum absolute atomic E-state index is 0.0144. The molecule has 0 aliphatic carbocycles. The summed E-state index contributed by atoms with van der Waals surface area (Å²) in [6.07, 6.45) is -4.13. The second-order valence-corrected chi connectivity index (χ2v) is 9.04. The second kappa shape index (κ2) is 8.51. The number of carbonyl (C=O) groups is 1. The maximum absolute atomic E-state index is 14.2. The van der Waals surface area contributed by atoms with Crippen molar-refractivity contribution in [1.82, 2.24) is 29.8 Å². The normalized spacial score (nSPS) is 17.9. The summed E-state index contributed by atoms with van der Waals surface area (Å²) in [5, 5.41) is 20.4. The number of benzene rings is 1. The molecule has 1 aromatic carbocycles. The van der Waals surface area contributed by atoms with Crippen molar-refractivity contribution in [3.8, 4) is 11.5 Å². The molecular weight excluding hydrogens is 517 g/mol. The van der Waals surface area contributed by atoms with Gasteiger partial charge in [0.15, 0.2) is 11.5 Å². The number of hydrogen-bond donors (Lipinski definition) is 2. The first-order valence-electron chi connectivity index (χ1n) is 10.4. The highest BCUT2D eigenvalue weighted by molar-refractivity contribution is 9.10. The Kier molecular flexibility index (Phi) is 5.64.